The Balaban J connectivity index is 1.67. The highest BCUT2D eigenvalue weighted by molar-refractivity contribution is 7.30. The lowest BCUT2D eigenvalue weighted by Crippen LogP contribution is -1.82. The van der Waals surface area contributed by atoms with Crippen molar-refractivity contribution in [2.75, 3.05) is 0 Å². The van der Waals surface area contributed by atoms with Crippen LogP contribution < -0.4 is 0 Å². The predicted octanol–water partition coefficient (Wildman–Crippen LogP) is 5.70. The summed E-state index contributed by atoms with van der Waals surface area (Å²) >= 11 is 5.02. The lowest BCUT2D eigenvalue weighted by molar-refractivity contribution is 1.40. The largest absolute Gasteiger partial charge is 0.256 e. The van der Waals surface area contributed by atoms with Gasteiger partial charge >= 0.3 is 0 Å². The van der Waals surface area contributed by atoms with Crippen molar-refractivity contribution in [1.29, 1.82) is 0 Å². The molecule has 0 amide bonds. The molecule has 0 aliphatic rings. The average molecular weight is 351 g/mol. The van der Waals surface area contributed by atoms with Crippen LogP contribution in [0.4, 0.5) is 0 Å². The second-order valence-corrected chi connectivity index (χ2v) is 7.90. The number of rotatable bonds is 2. The van der Waals surface area contributed by atoms with E-state index in [1.165, 1.54) is 4.88 Å². The van der Waals surface area contributed by atoms with E-state index in [1.807, 2.05) is 30.5 Å². The van der Waals surface area contributed by atoms with Gasteiger partial charge in [0, 0.05) is 17.1 Å². The normalized spacial score (nSPS) is 11.5. The molecular formula is C17H9N3S3. The van der Waals surface area contributed by atoms with E-state index >= 15 is 0 Å². The molecule has 3 nitrogen and oxygen atoms in total. The maximum atomic E-state index is 4.82. The molecule has 4 aromatic heterocycles. The molecule has 0 radical (unpaired) electrons. The fourth-order valence-electron chi connectivity index (χ4n) is 2.55. The number of pyridine rings is 1. The van der Waals surface area contributed by atoms with Crippen molar-refractivity contribution in [1.82, 2.24) is 15.0 Å². The first-order valence-corrected chi connectivity index (χ1v) is 9.55. The highest BCUT2D eigenvalue weighted by Crippen LogP contribution is 2.39. The number of benzene rings is 1. The first-order chi connectivity index (χ1) is 11.4. The smallest absolute Gasteiger partial charge is 0.155 e. The summed E-state index contributed by atoms with van der Waals surface area (Å²) < 4.78 is 0. The van der Waals surface area contributed by atoms with Crippen LogP contribution >= 0.6 is 34.0 Å². The van der Waals surface area contributed by atoms with Gasteiger partial charge in [0.05, 0.1) is 10.4 Å². The van der Waals surface area contributed by atoms with E-state index in [1.54, 1.807) is 34.0 Å². The number of nitrogens with zero attached hydrogens (tertiary/aromatic N) is 3. The van der Waals surface area contributed by atoms with Crippen LogP contribution in [-0.2, 0) is 0 Å². The van der Waals surface area contributed by atoms with Crippen LogP contribution in [0, 0.1) is 0 Å². The maximum absolute atomic E-state index is 4.82. The quantitative estimate of drug-likeness (QED) is 0.410. The van der Waals surface area contributed by atoms with Crippen LogP contribution in [-0.4, -0.2) is 15.0 Å². The summed E-state index contributed by atoms with van der Waals surface area (Å²) in [6.45, 7) is 0. The molecule has 0 fully saturated rings. The van der Waals surface area contributed by atoms with Crippen molar-refractivity contribution in [2.45, 2.75) is 0 Å². The van der Waals surface area contributed by atoms with E-state index in [9.17, 15) is 0 Å². The van der Waals surface area contributed by atoms with Gasteiger partial charge in [0.25, 0.3) is 0 Å². The molecule has 0 atom stereocenters. The Morgan fingerprint density at radius 2 is 1.61 bits per heavy atom. The monoisotopic (exact) mass is 351 g/mol. The summed E-state index contributed by atoms with van der Waals surface area (Å²) in [7, 11) is 0. The van der Waals surface area contributed by atoms with E-state index in [4.69, 9.17) is 9.97 Å². The zero-order chi connectivity index (χ0) is 15.2. The second-order valence-electron chi connectivity index (χ2n) is 5.00. The summed E-state index contributed by atoms with van der Waals surface area (Å²) in [6.07, 6.45) is 1.84. The molecule has 23 heavy (non-hydrogen) atoms. The van der Waals surface area contributed by atoms with Crippen molar-refractivity contribution in [3.05, 3.63) is 54.0 Å². The minimum absolute atomic E-state index is 0.996. The molecule has 6 heteroatoms. The Bertz CT molecular complexity index is 1090. The lowest BCUT2D eigenvalue weighted by atomic mass is 10.1. The molecule has 4 heterocycles. The zero-order valence-electron chi connectivity index (χ0n) is 11.8. The summed E-state index contributed by atoms with van der Waals surface area (Å²) in [5, 5.41) is 5.28. The molecule has 5 rings (SSSR count). The number of thiazole rings is 2. The second kappa shape index (κ2) is 5.19. The molecule has 1 aromatic carbocycles. The van der Waals surface area contributed by atoms with Gasteiger partial charge < -0.3 is 0 Å². The minimum Gasteiger partial charge on any atom is -0.256 e. The molecule has 110 valence electrons. The van der Waals surface area contributed by atoms with E-state index in [0.717, 1.165) is 36.1 Å². The number of aromatic nitrogens is 3. The van der Waals surface area contributed by atoms with Crippen LogP contribution in [0.3, 0.4) is 0 Å². The standard InChI is InChI=1S/C17H9N3S3/c1-2-5-12-10(4-1)11(7-8-18-12)14-19-16-17(22-14)20-15(23-16)13-6-3-9-21-13/h1-9H. The zero-order valence-corrected chi connectivity index (χ0v) is 14.2. The van der Waals surface area contributed by atoms with Gasteiger partial charge in [-0.15, -0.1) is 11.3 Å². The molecule has 0 spiro atoms. The fourth-order valence-corrected chi connectivity index (χ4v) is 5.42. The van der Waals surface area contributed by atoms with Crippen LogP contribution in [0.15, 0.2) is 54.0 Å². The molecule has 5 aromatic rings. The van der Waals surface area contributed by atoms with Gasteiger partial charge in [-0.2, -0.15) is 0 Å². The van der Waals surface area contributed by atoms with E-state index in [2.05, 4.69) is 28.6 Å². The van der Waals surface area contributed by atoms with Crippen molar-refractivity contribution >= 4 is 54.6 Å². The molecule has 0 bridgehead atoms. The van der Waals surface area contributed by atoms with Gasteiger partial charge in [0.15, 0.2) is 9.66 Å². The maximum Gasteiger partial charge on any atom is 0.155 e. The van der Waals surface area contributed by atoms with Crippen molar-refractivity contribution in [2.24, 2.45) is 0 Å². The fraction of sp³-hybridized carbons (Fsp3) is 0. The number of para-hydroxylation sites is 1. The van der Waals surface area contributed by atoms with Crippen LogP contribution in [0.2, 0.25) is 0 Å². The third-order valence-electron chi connectivity index (χ3n) is 3.59. The van der Waals surface area contributed by atoms with Crippen LogP contribution in [0.5, 0.6) is 0 Å². The number of fused-ring (bicyclic) bond motifs is 2. The van der Waals surface area contributed by atoms with Crippen molar-refractivity contribution < 1.29 is 0 Å². The number of hydrogen-bond acceptors (Lipinski definition) is 6. The third-order valence-corrected chi connectivity index (χ3v) is 6.69. The summed E-state index contributed by atoms with van der Waals surface area (Å²) in [4.78, 5) is 17.2. The predicted molar refractivity (Wildman–Crippen MR) is 99.3 cm³/mol. The van der Waals surface area contributed by atoms with Crippen molar-refractivity contribution in [3.8, 4) is 20.5 Å². The van der Waals surface area contributed by atoms with Gasteiger partial charge in [-0.1, -0.05) is 46.9 Å². The highest BCUT2D eigenvalue weighted by Gasteiger charge is 2.15. The topological polar surface area (TPSA) is 38.7 Å². The van der Waals surface area contributed by atoms with Gasteiger partial charge in [0.2, 0.25) is 0 Å². The Labute approximate surface area is 143 Å². The van der Waals surface area contributed by atoms with E-state index in [-0.39, 0.29) is 0 Å². The molecule has 0 aliphatic heterocycles. The van der Waals surface area contributed by atoms with Gasteiger partial charge in [-0.25, -0.2) is 9.97 Å². The summed E-state index contributed by atoms with van der Waals surface area (Å²) in [6, 6.07) is 14.4. The number of hydrogen-bond donors (Lipinski definition) is 0. The first-order valence-electron chi connectivity index (χ1n) is 7.04. The molecule has 0 N–H and O–H groups in total. The van der Waals surface area contributed by atoms with Crippen molar-refractivity contribution in [3.63, 3.8) is 0 Å². The van der Waals surface area contributed by atoms with E-state index in [0.29, 0.717) is 0 Å². The summed E-state index contributed by atoms with van der Waals surface area (Å²) in [5.41, 5.74) is 2.12. The molecule has 0 saturated heterocycles. The molecule has 0 saturated carbocycles. The lowest BCUT2D eigenvalue weighted by Gasteiger charge is -2.01. The average Bonchev–Trinajstić information content (AvgIpc) is 3.29. The molecule has 0 aliphatic carbocycles. The minimum atomic E-state index is 0.996. The molecule has 0 unspecified atom stereocenters. The first kappa shape index (κ1) is 13.3. The SMILES string of the molecule is c1csc(-c2nc3sc(-c4ccnc5ccccc45)nc3s2)c1. The highest BCUT2D eigenvalue weighted by atomic mass is 32.1. The van der Waals surface area contributed by atoms with E-state index < -0.39 is 0 Å². The third kappa shape index (κ3) is 2.18. The summed E-state index contributed by atoms with van der Waals surface area (Å²) in [5.74, 6) is 0. The molecular weight excluding hydrogens is 342 g/mol. The number of thiophene rings is 1. The van der Waals surface area contributed by atoms with Gasteiger partial charge in [0.1, 0.15) is 10.0 Å². The van der Waals surface area contributed by atoms with Crippen LogP contribution in [0.1, 0.15) is 0 Å². The van der Waals surface area contributed by atoms with Crippen LogP contribution in [0.25, 0.3) is 41.0 Å². The Morgan fingerprint density at radius 1 is 0.783 bits per heavy atom. The Kier molecular flexibility index (Phi) is 3.00. The van der Waals surface area contributed by atoms with Gasteiger partial charge in [-0.05, 0) is 23.6 Å². The Hall–Kier alpha value is -2.15. The Morgan fingerprint density at radius 3 is 2.48 bits per heavy atom. The van der Waals surface area contributed by atoms with Gasteiger partial charge in [-0.3, -0.25) is 4.98 Å².